The maximum atomic E-state index is 14.6. The molecule has 1 saturated carbocycles. The van der Waals surface area contributed by atoms with E-state index in [0.717, 1.165) is 24.5 Å². The first-order valence-electron chi connectivity index (χ1n) is 25.1. The van der Waals surface area contributed by atoms with Gasteiger partial charge in [-0.05, 0) is 99.0 Å². The molecule has 1 fully saturated rings. The van der Waals surface area contributed by atoms with E-state index in [4.69, 9.17) is 21.9 Å². The number of phosphoric acid groups is 1. The van der Waals surface area contributed by atoms with Gasteiger partial charge in [-0.25, -0.2) is 26.8 Å². The molecule has 2 heterocycles. The van der Waals surface area contributed by atoms with Crippen molar-refractivity contribution in [3.8, 4) is 28.7 Å². The second kappa shape index (κ2) is 26.5. The number of nitrogens with one attached hydrogen (secondary N) is 1. The number of amides is 2. The van der Waals surface area contributed by atoms with E-state index in [2.05, 4.69) is 32.2 Å². The highest BCUT2D eigenvalue weighted by molar-refractivity contribution is 7.86. The van der Waals surface area contributed by atoms with E-state index in [-0.39, 0.29) is 80.1 Å². The predicted molar refractivity (Wildman–Crippen MR) is 299 cm³/mol. The number of halogens is 11. The van der Waals surface area contributed by atoms with Gasteiger partial charge in [0.2, 0.25) is 12.3 Å². The molecule has 2 aromatic heterocycles. The number of carboxylic acid groups (broad SMARTS) is 1. The molecule has 6 N–H and O–H groups in total. The number of aliphatic carboxylic acids is 1. The number of hydrogen-bond donors (Lipinski definition) is 5. The van der Waals surface area contributed by atoms with Crippen LogP contribution in [-0.4, -0.2) is 104 Å². The summed E-state index contributed by atoms with van der Waals surface area (Å²) in [6.45, 7) is 8.61. The zero-order valence-corrected chi connectivity index (χ0v) is 49.9. The van der Waals surface area contributed by atoms with Gasteiger partial charge in [-0.3, -0.25) is 38.1 Å². The molecule has 462 valence electrons. The number of carboxylic acids is 1. The van der Waals surface area contributed by atoms with E-state index in [9.17, 15) is 86.2 Å². The normalized spacial score (nSPS) is 16.8. The molecule has 0 radical (unpaired) electrons. The SMILES string of the molecule is CCN=C1/C(=C(\N)C(F)(F)F)[C@@H](C)CC1(F)F.Cc1cc(CC(=O)O)cc(OP(=O)(O)O)c1C(C)(C)CC(=O)N(c1nn(CC(F)(F)F)c2c(-c3ccc(C#CC(C)(C)S(C)=O)nc3C(Cc3cc(F)cc(F)c3)NC=O)ccc(Cl)c12)S(C)=O. The first-order chi connectivity index (χ1) is 39.0. The van der Waals surface area contributed by atoms with Gasteiger partial charge in [-0.1, -0.05) is 50.4 Å². The van der Waals surface area contributed by atoms with Gasteiger partial charge >= 0.3 is 26.1 Å². The number of benzene rings is 3. The highest BCUT2D eigenvalue weighted by Gasteiger charge is 2.52. The average molecular weight is 1280 g/mol. The van der Waals surface area contributed by atoms with Crippen molar-refractivity contribution in [2.24, 2.45) is 16.6 Å². The molecule has 0 spiro atoms. The fourth-order valence-corrected chi connectivity index (χ4v) is 11.1. The summed E-state index contributed by atoms with van der Waals surface area (Å²) in [4.78, 5) is 65.9. The number of alkyl halides is 8. The minimum Gasteiger partial charge on any atom is -0.481 e. The predicted octanol–water partition coefficient (Wildman–Crippen LogP) is 10.4. The van der Waals surface area contributed by atoms with Crippen molar-refractivity contribution in [3.63, 3.8) is 0 Å². The molecule has 3 unspecified atom stereocenters. The van der Waals surface area contributed by atoms with Gasteiger partial charge in [0.25, 0.3) is 5.92 Å². The smallest absolute Gasteiger partial charge is 0.481 e. The summed E-state index contributed by atoms with van der Waals surface area (Å²) in [5.41, 5.74) is 0.603. The van der Waals surface area contributed by atoms with Gasteiger partial charge in [0.1, 0.15) is 56.8 Å². The Labute approximate surface area is 490 Å². The Balaban J connectivity index is 0.000000665. The number of phosphoric ester groups is 1. The number of aliphatic imine (C=N–C) groups is 1. The number of carbonyl (C=O) groups excluding carboxylic acids is 2. The summed E-state index contributed by atoms with van der Waals surface area (Å²) in [5.74, 6) is -3.80. The Morgan fingerprint density at radius 1 is 1.01 bits per heavy atom. The number of fused-ring (bicyclic) bond motifs is 1. The maximum Gasteiger partial charge on any atom is 0.524 e. The van der Waals surface area contributed by atoms with Crippen LogP contribution in [0.5, 0.6) is 5.75 Å². The monoisotopic (exact) mass is 1280 g/mol. The number of nitrogens with zero attached hydrogens (tertiary/aromatic N) is 5. The molecule has 17 nitrogen and oxygen atoms in total. The van der Waals surface area contributed by atoms with Crippen molar-refractivity contribution in [2.45, 2.75) is 115 Å². The highest BCUT2D eigenvalue weighted by Crippen LogP contribution is 2.48. The van der Waals surface area contributed by atoms with Gasteiger partial charge in [-0.15, -0.1) is 0 Å². The Kier molecular flexibility index (Phi) is 21.5. The summed E-state index contributed by atoms with van der Waals surface area (Å²) in [6.07, 6.45) is -9.23. The van der Waals surface area contributed by atoms with Crippen LogP contribution in [0.3, 0.4) is 0 Å². The van der Waals surface area contributed by atoms with Gasteiger partial charge in [0, 0.05) is 76.4 Å². The molecule has 0 saturated heterocycles. The summed E-state index contributed by atoms with van der Waals surface area (Å²) >= 11 is 6.77. The van der Waals surface area contributed by atoms with E-state index in [1.165, 1.54) is 71.2 Å². The molecular weight excluding hydrogens is 1230 g/mol. The summed E-state index contributed by atoms with van der Waals surface area (Å²) < 4.78 is 180. The van der Waals surface area contributed by atoms with Crippen molar-refractivity contribution < 1.29 is 90.7 Å². The molecule has 1 aliphatic carbocycles. The van der Waals surface area contributed by atoms with Crippen LogP contribution >= 0.6 is 19.4 Å². The summed E-state index contributed by atoms with van der Waals surface area (Å²) in [6, 6.07) is 9.29. The molecule has 31 heteroatoms. The number of hydrogen-bond acceptors (Lipinski definition) is 11. The van der Waals surface area contributed by atoms with Crippen molar-refractivity contribution in [3.05, 3.63) is 116 Å². The number of aromatic nitrogens is 3. The number of allylic oxidation sites excluding steroid dienone is 2. The standard InChI is InChI=1S/C44H44ClF5N5O10PS2.C10H13F5N2/c1-24-14-25(19-36(58)59)18-34(65-66(60,61)62)38(24)42(2,3)21-35(57)55(68(7)64)41-37-32(45)11-10-31(40(37)54(53-41)22-44(48,49)50)30-9-8-29(12-13-43(4,5)67(6)63)52-39(30)33(51-23-56)17-26-15-27(46)20-28(47)16-26;1-3-17-8-6(7(16)10(13,14)15)5(2)4-9(8,11)12/h8-11,14-16,18,20,23,33H,17,19,21-22H2,1-7H3,(H,51,56)(H,58,59)(H2,60,61,62);5H,3-4,16H2,1-2H3/b;7-6-,17-8?/t;5-/m.0/s1. The second-order valence-corrected chi connectivity index (χ2v) is 25.4. The van der Waals surface area contributed by atoms with Crippen LogP contribution in [-0.2, 0) is 65.5 Å². The number of carbonyl (C=O) groups is 3. The molecule has 1 aliphatic rings. The number of pyridine rings is 1. The lowest BCUT2D eigenvalue weighted by Crippen LogP contribution is -2.37. The van der Waals surface area contributed by atoms with Crippen LogP contribution in [0.25, 0.3) is 22.0 Å². The molecule has 2 amide bonds. The first kappa shape index (κ1) is 69.1. The van der Waals surface area contributed by atoms with Gasteiger partial charge in [-0.2, -0.15) is 40.2 Å². The van der Waals surface area contributed by atoms with E-state index >= 15 is 0 Å². The van der Waals surface area contributed by atoms with Crippen molar-refractivity contribution in [2.75, 3.05) is 23.4 Å². The molecule has 0 bridgehead atoms. The maximum absolute atomic E-state index is 14.6. The topological polar surface area (TPSA) is 257 Å². The summed E-state index contributed by atoms with van der Waals surface area (Å²) in [5, 5.41) is 15.6. The lowest BCUT2D eigenvalue weighted by molar-refractivity contribution is -0.142. The van der Waals surface area contributed by atoms with Crippen molar-refractivity contribution >= 4 is 81.9 Å². The third-order valence-electron chi connectivity index (χ3n) is 13.0. The number of nitrogens with two attached hydrogens (primary N) is 1. The molecule has 85 heavy (non-hydrogen) atoms. The van der Waals surface area contributed by atoms with E-state index in [1.807, 2.05) is 0 Å². The Morgan fingerprint density at radius 3 is 2.15 bits per heavy atom. The van der Waals surface area contributed by atoms with Gasteiger partial charge in [0.05, 0.1) is 34.1 Å². The van der Waals surface area contributed by atoms with Crippen LogP contribution in [0, 0.1) is 36.3 Å². The molecule has 3 aromatic carbocycles. The van der Waals surface area contributed by atoms with Crippen LogP contribution in [0.2, 0.25) is 5.02 Å². The molecule has 0 aliphatic heterocycles. The fourth-order valence-electron chi connectivity index (χ4n) is 9.52. The first-order valence-corrected chi connectivity index (χ1v) is 30.1. The van der Waals surface area contributed by atoms with Crippen LogP contribution in [0.4, 0.5) is 49.7 Å². The zero-order chi connectivity index (χ0) is 64.3. The Bertz CT molecular complexity index is 3630. The van der Waals surface area contributed by atoms with Gasteiger partial charge < -0.3 is 20.7 Å². The number of aryl methyl sites for hydroxylation is 1. The number of anilines is 1. The van der Waals surface area contributed by atoms with Crippen LogP contribution in [0.1, 0.15) is 94.1 Å². The van der Waals surface area contributed by atoms with Crippen LogP contribution < -0.4 is 19.9 Å². The Hall–Kier alpha value is -6.70. The van der Waals surface area contributed by atoms with E-state index < -0.39 is 148 Å². The van der Waals surface area contributed by atoms with Gasteiger partial charge in [0.15, 0.2) is 5.82 Å². The van der Waals surface area contributed by atoms with Crippen molar-refractivity contribution in [1.82, 2.24) is 20.1 Å². The minimum absolute atomic E-state index is 0.00766. The quantitative estimate of drug-likeness (QED) is 0.0237. The molecular formula is C54H57ClF10N7O10PS2. The molecule has 4 atom stereocenters. The second-order valence-electron chi connectivity index (χ2n) is 20.6. The van der Waals surface area contributed by atoms with Crippen LogP contribution in [0.15, 0.2) is 70.9 Å². The van der Waals surface area contributed by atoms with E-state index in [1.54, 1.807) is 13.8 Å². The highest BCUT2D eigenvalue weighted by atomic mass is 35.5. The van der Waals surface area contributed by atoms with Crippen molar-refractivity contribution in [1.29, 1.82) is 0 Å². The summed E-state index contributed by atoms with van der Waals surface area (Å²) in [7, 11) is -9.14. The van der Waals surface area contributed by atoms with E-state index in [0.29, 0.717) is 15.1 Å². The third-order valence-corrected chi connectivity index (χ3v) is 16.2. The molecule has 6 rings (SSSR count). The lowest BCUT2D eigenvalue weighted by atomic mass is 9.78. The zero-order valence-electron chi connectivity index (χ0n) is 46.6. The largest absolute Gasteiger partial charge is 0.524 e. The lowest BCUT2D eigenvalue weighted by Gasteiger charge is -2.31. The number of rotatable bonds is 18. The molecule has 5 aromatic rings. The third kappa shape index (κ3) is 17.3. The fraction of sp³-hybridized carbons (Fsp3) is 0.407. The Morgan fingerprint density at radius 2 is 1.62 bits per heavy atom. The average Bonchev–Trinajstić information content (AvgIpc) is 1.74. The minimum atomic E-state index is -5.29.